The van der Waals surface area contributed by atoms with E-state index in [4.69, 9.17) is 4.74 Å². The molecule has 0 bridgehead atoms. The molecule has 112 valence electrons. The van der Waals surface area contributed by atoms with E-state index in [-0.39, 0.29) is 0 Å². The third-order valence-corrected chi connectivity index (χ3v) is 4.27. The fourth-order valence-electron chi connectivity index (χ4n) is 3.18. The summed E-state index contributed by atoms with van der Waals surface area (Å²) in [5.41, 5.74) is 5.42. The number of fused-ring (bicyclic) bond motifs is 2. The van der Waals surface area contributed by atoms with Gasteiger partial charge in [0.05, 0.1) is 17.5 Å². The maximum Gasteiger partial charge on any atom is 0.127 e. The Morgan fingerprint density at radius 1 is 1.23 bits per heavy atom. The number of hydrogen-bond acceptors (Lipinski definition) is 3. The van der Waals surface area contributed by atoms with Crippen LogP contribution >= 0.6 is 0 Å². The van der Waals surface area contributed by atoms with Crippen molar-refractivity contribution < 1.29 is 9.84 Å². The second kappa shape index (κ2) is 5.05. The SMILES string of the molecule is Cc1cc(O)c2c(CCc3ccc4c(c3)CCO4)[nH]nc2c1. The smallest absolute Gasteiger partial charge is 0.127 e. The first-order valence-electron chi connectivity index (χ1n) is 7.62. The molecular formula is C18H18N2O2. The fraction of sp³-hybridized carbons (Fsp3) is 0.278. The molecule has 1 aliphatic heterocycles. The molecule has 0 amide bonds. The van der Waals surface area contributed by atoms with E-state index < -0.39 is 0 Å². The van der Waals surface area contributed by atoms with Crippen LogP contribution in [0.15, 0.2) is 30.3 Å². The van der Waals surface area contributed by atoms with Crippen LogP contribution in [0.3, 0.4) is 0 Å². The molecule has 4 heteroatoms. The van der Waals surface area contributed by atoms with Gasteiger partial charge in [-0.15, -0.1) is 0 Å². The number of phenolic OH excluding ortho intramolecular Hbond substituents is 1. The predicted molar refractivity (Wildman–Crippen MR) is 85.5 cm³/mol. The van der Waals surface area contributed by atoms with Gasteiger partial charge in [-0.1, -0.05) is 12.1 Å². The third-order valence-electron chi connectivity index (χ3n) is 4.27. The van der Waals surface area contributed by atoms with Crippen molar-refractivity contribution in [2.75, 3.05) is 6.61 Å². The topological polar surface area (TPSA) is 58.1 Å². The molecule has 2 N–H and O–H groups in total. The van der Waals surface area contributed by atoms with Gasteiger partial charge in [-0.05, 0) is 54.7 Å². The quantitative estimate of drug-likeness (QED) is 0.779. The van der Waals surface area contributed by atoms with Crippen molar-refractivity contribution >= 4 is 10.9 Å². The molecule has 0 unspecified atom stereocenters. The van der Waals surface area contributed by atoms with Gasteiger partial charge < -0.3 is 9.84 Å². The van der Waals surface area contributed by atoms with E-state index in [1.807, 2.05) is 13.0 Å². The van der Waals surface area contributed by atoms with Crippen molar-refractivity contribution in [2.45, 2.75) is 26.2 Å². The lowest BCUT2D eigenvalue weighted by molar-refractivity contribution is 0.357. The van der Waals surface area contributed by atoms with Crippen molar-refractivity contribution in [1.82, 2.24) is 10.2 Å². The van der Waals surface area contributed by atoms with Crippen molar-refractivity contribution in [3.63, 3.8) is 0 Å². The Kier molecular flexibility index (Phi) is 3.03. The zero-order chi connectivity index (χ0) is 15.1. The summed E-state index contributed by atoms with van der Waals surface area (Å²) in [6, 6.07) is 10.2. The number of aromatic amines is 1. The highest BCUT2D eigenvalue weighted by Gasteiger charge is 2.14. The number of phenols is 1. The van der Waals surface area contributed by atoms with Gasteiger partial charge in [0.1, 0.15) is 11.5 Å². The number of nitrogens with zero attached hydrogens (tertiary/aromatic N) is 1. The van der Waals surface area contributed by atoms with Crippen LogP contribution in [0.1, 0.15) is 22.4 Å². The first-order valence-corrected chi connectivity index (χ1v) is 7.62. The van der Waals surface area contributed by atoms with Crippen molar-refractivity contribution in [2.24, 2.45) is 0 Å². The molecule has 0 saturated carbocycles. The van der Waals surface area contributed by atoms with E-state index in [0.29, 0.717) is 5.75 Å². The Morgan fingerprint density at radius 3 is 3.05 bits per heavy atom. The molecule has 2 aromatic carbocycles. The number of aromatic nitrogens is 2. The molecular weight excluding hydrogens is 276 g/mol. The van der Waals surface area contributed by atoms with Gasteiger partial charge in [0.2, 0.25) is 0 Å². The highest BCUT2D eigenvalue weighted by atomic mass is 16.5. The van der Waals surface area contributed by atoms with Gasteiger partial charge in [-0.3, -0.25) is 5.10 Å². The molecule has 4 nitrogen and oxygen atoms in total. The molecule has 0 atom stereocenters. The summed E-state index contributed by atoms with van der Waals surface area (Å²) in [6.07, 6.45) is 2.74. The number of nitrogens with one attached hydrogen (secondary N) is 1. The minimum absolute atomic E-state index is 0.307. The van der Waals surface area contributed by atoms with Crippen LogP contribution < -0.4 is 4.74 Å². The normalized spacial score (nSPS) is 13.3. The second-order valence-electron chi connectivity index (χ2n) is 5.92. The maximum atomic E-state index is 10.2. The molecule has 4 rings (SSSR count). The average Bonchev–Trinajstić information content (AvgIpc) is 3.10. The summed E-state index contributed by atoms with van der Waals surface area (Å²) < 4.78 is 5.54. The predicted octanol–water partition coefficient (Wildman–Crippen LogP) is 3.30. The Morgan fingerprint density at radius 2 is 2.14 bits per heavy atom. The van der Waals surface area contributed by atoms with E-state index in [0.717, 1.165) is 53.8 Å². The molecule has 0 radical (unpaired) electrons. The average molecular weight is 294 g/mol. The number of aryl methyl sites for hydroxylation is 3. The Hall–Kier alpha value is -2.49. The summed E-state index contributed by atoms with van der Waals surface area (Å²) >= 11 is 0. The van der Waals surface area contributed by atoms with Crippen LogP contribution in [0.4, 0.5) is 0 Å². The van der Waals surface area contributed by atoms with Crippen molar-refractivity contribution in [3.8, 4) is 11.5 Å². The standard InChI is InChI=1S/C18H18N2O2/c1-11-8-15-18(16(21)9-11)14(19-20-15)4-2-12-3-5-17-13(10-12)6-7-22-17/h3,5,8-10,21H,2,4,6-7H2,1H3,(H,19,20). The van der Waals surface area contributed by atoms with Crippen molar-refractivity contribution in [3.05, 3.63) is 52.7 Å². The number of benzene rings is 2. The van der Waals surface area contributed by atoms with Gasteiger partial charge in [0.15, 0.2) is 0 Å². The van der Waals surface area contributed by atoms with Crippen LogP contribution in [0.2, 0.25) is 0 Å². The number of aromatic hydroxyl groups is 1. The number of hydrogen-bond donors (Lipinski definition) is 2. The summed E-state index contributed by atoms with van der Waals surface area (Å²) in [5, 5.41) is 18.4. The van der Waals surface area contributed by atoms with E-state index in [9.17, 15) is 5.11 Å². The number of rotatable bonds is 3. The van der Waals surface area contributed by atoms with Crippen LogP contribution in [0.25, 0.3) is 10.9 Å². The lowest BCUT2D eigenvalue weighted by Crippen LogP contribution is -1.93. The van der Waals surface area contributed by atoms with Gasteiger partial charge in [-0.25, -0.2) is 0 Å². The number of H-pyrrole nitrogens is 1. The lowest BCUT2D eigenvalue weighted by Gasteiger charge is -2.05. The van der Waals surface area contributed by atoms with E-state index in [2.05, 4.69) is 28.4 Å². The molecule has 1 aromatic heterocycles. The molecule has 22 heavy (non-hydrogen) atoms. The van der Waals surface area contributed by atoms with Gasteiger partial charge in [0, 0.05) is 12.1 Å². The van der Waals surface area contributed by atoms with Crippen LogP contribution in [0, 0.1) is 6.92 Å². The first-order chi connectivity index (χ1) is 10.7. The third kappa shape index (κ3) is 2.21. The van der Waals surface area contributed by atoms with Gasteiger partial charge in [-0.2, -0.15) is 5.10 Å². The zero-order valence-corrected chi connectivity index (χ0v) is 12.5. The van der Waals surface area contributed by atoms with Crippen LogP contribution in [-0.4, -0.2) is 21.9 Å². The summed E-state index contributed by atoms with van der Waals surface area (Å²) in [6.45, 7) is 2.75. The van der Waals surface area contributed by atoms with Crippen molar-refractivity contribution in [1.29, 1.82) is 0 Å². The van der Waals surface area contributed by atoms with Gasteiger partial charge >= 0.3 is 0 Å². The van der Waals surface area contributed by atoms with Crippen LogP contribution in [-0.2, 0) is 19.3 Å². The van der Waals surface area contributed by atoms with E-state index >= 15 is 0 Å². The zero-order valence-electron chi connectivity index (χ0n) is 12.5. The highest BCUT2D eigenvalue weighted by molar-refractivity contribution is 5.88. The van der Waals surface area contributed by atoms with Gasteiger partial charge in [0.25, 0.3) is 0 Å². The first kappa shape index (κ1) is 13.2. The molecule has 0 aliphatic carbocycles. The molecule has 1 aliphatic rings. The molecule has 3 aromatic rings. The fourth-order valence-corrected chi connectivity index (χ4v) is 3.18. The molecule has 0 spiro atoms. The maximum absolute atomic E-state index is 10.2. The Balaban J connectivity index is 1.59. The largest absolute Gasteiger partial charge is 0.507 e. The van der Waals surface area contributed by atoms with E-state index in [1.165, 1.54) is 11.1 Å². The van der Waals surface area contributed by atoms with E-state index in [1.54, 1.807) is 6.07 Å². The second-order valence-corrected chi connectivity index (χ2v) is 5.92. The lowest BCUT2D eigenvalue weighted by atomic mass is 10.0. The highest BCUT2D eigenvalue weighted by Crippen LogP contribution is 2.30. The minimum atomic E-state index is 0.307. The minimum Gasteiger partial charge on any atom is -0.507 e. The molecule has 2 heterocycles. The van der Waals surface area contributed by atoms with Crippen LogP contribution in [0.5, 0.6) is 11.5 Å². The summed E-state index contributed by atoms with van der Waals surface area (Å²) in [4.78, 5) is 0. The Bertz CT molecular complexity index is 852. The summed E-state index contributed by atoms with van der Waals surface area (Å²) in [5.74, 6) is 1.32. The summed E-state index contributed by atoms with van der Waals surface area (Å²) in [7, 11) is 0. The molecule has 0 saturated heterocycles. The number of ether oxygens (including phenoxy) is 1. The Labute approximate surface area is 128 Å². The molecule has 0 fully saturated rings. The monoisotopic (exact) mass is 294 g/mol.